The van der Waals surface area contributed by atoms with Crippen molar-refractivity contribution in [1.29, 1.82) is 0 Å². The molecule has 1 saturated carbocycles. The van der Waals surface area contributed by atoms with Gasteiger partial charge in [0.25, 0.3) is 0 Å². The third kappa shape index (κ3) is 7.11. The molecule has 1 unspecified atom stereocenters. The van der Waals surface area contributed by atoms with Crippen molar-refractivity contribution >= 4 is 23.4 Å². The minimum atomic E-state index is -1.15. The zero-order chi connectivity index (χ0) is 27.5. The molecule has 0 spiro atoms. The molecule has 0 aromatic carbocycles. The summed E-state index contributed by atoms with van der Waals surface area (Å²) in [6.07, 6.45) is 5.22. The summed E-state index contributed by atoms with van der Waals surface area (Å²) in [7, 11) is 0. The van der Waals surface area contributed by atoms with E-state index in [1.165, 1.54) is 0 Å². The molecular weight excluding hydrogens is 486 g/mol. The van der Waals surface area contributed by atoms with Gasteiger partial charge in [-0.25, -0.2) is 4.98 Å². The highest BCUT2D eigenvalue weighted by atomic mass is 32.1. The molecule has 2 fully saturated rings. The molecule has 6 nitrogen and oxygen atoms in total. The number of carbonyl (C=O) groups is 1. The fourth-order valence-corrected chi connectivity index (χ4v) is 6.77. The van der Waals surface area contributed by atoms with Gasteiger partial charge in [-0.3, -0.25) is 4.79 Å². The Balaban J connectivity index is 1.89. The zero-order valence-corrected chi connectivity index (χ0v) is 24.3. The van der Waals surface area contributed by atoms with Gasteiger partial charge in [0.15, 0.2) is 0 Å². The molecule has 1 aromatic heterocycles. The van der Waals surface area contributed by atoms with E-state index >= 15 is 0 Å². The van der Waals surface area contributed by atoms with Gasteiger partial charge in [-0.05, 0) is 74.9 Å². The number of nitrogens with zero attached hydrogens (tertiary/aromatic N) is 1. The molecule has 9 atom stereocenters. The Kier molecular flexibility index (Phi) is 9.82. The number of ether oxygens (including phenoxy) is 1. The minimum absolute atomic E-state index is 0.0212. The van der Waals surface area contributed by atoms with Crippen LogP contribution in [0.2, 0.25) is 0 Å². The molecule has 0 radical (unpaired) electrons. The largest absolute Gasteiger partial charge is 0.458 e. The van der Waals surface area contributed by atoms with E-state index in [9.17, 15) is 20.1 Å². The van der Waals surface area contributed by atoms with Crippen LogP contribution in [0.4, 0.5) is 0 Å². The van der Waals surface area contributed by atoms with Crippen molar-refractivity contribution in [2.45, 2.75) is 111 Å². The number of carbonyl (C=O) groups excluding carboxylic acids is 1. The number of rotatable bonds is 4. The molecule has 7 heteroatoms. The molecule has 3 rings (SSSR count). The van der Waals surface area contributed by atoms with Gasteiger partial charge in [0.05, 0.1) is 35.4 Å². The van der Waals surface area contributed by atoms with Gasteiger partial charge in [-0.2, -0.15) is 0 Å². The summed E-state index contributed by atoms with van der Waals surface area (Å²) < 4.78 is 6.03. The van der Waals surface area contributed by atoms with Crippen molar-refractivity contribution in [2.24, 2.45) is 28.6 Å². The molecule has 1 aliphatic carbocycles. The number of esters is 1. The fraction of sp³-hybridized carbons (Fsp3) is 0.733. The van der Waals surface area contributed by atoms with Crippen LogP contribution in [0.3, 0.4) is 0 Å². The Morgan fingerprint density at radius 3 is 2.62 bits per heavy atom. The Morgan fingerprint density at radius 1 is 1.30 bits per heavy atom. The number of cyclic esters (lactones) is 1. The van der Waals surface area contributed by atoms with Gasteiger partial charge in [0.1, 0.15) is 6.10 Å². The monoisotopic (exact) mass is 533 g/mol. The second-order valence-corrected chi connectivity index (χ2v) is 13.4. The Bertz CT molecular complexity index is 975. The van der Waals surface area contributed by atoms with Crippen LogP contribution in [-0.4, -0.2) is 50.7 Å². The lowest BCUT2D eigenvalue weighted by Gasteiger charge is -2.42. The first-order valence-corrected chi connectivity index (χ1v) is 14.6. The molecular formula is C30H47NO5S. The first-order chi connectivity index (χ1) is 17.3. The summed E-state index contributed by atoms with van der Waals surface area (Å²) in [4.78, 5) is 17.7. The molecule has 2 aliphatic rings. The molecule has 3 N–H and O–H groups in total. The molecule has 1 saturated heterocycles. The maximum Gasteiger partial charge on any atom is 0.309 e. The van der Waals surface area contributed by atoms with Crippen molar-refractivity contribution in [2.75, 3.05) is 0 Å². The van der Waals surface area contributed by atoms with Gasteiger partial charge in [-0.1, -0.05) is 40.2 Å². The highest BCUT2D eigenvalue weighted by molar-refractivity contribution is 7.09. The second kappa shape index (κ2) is 12.1. The molecule has 2 heterocycles. The highest BCUT2D eigenvalue weighted by Gasteiger charge is 2.51. The van der Waals surface area contributed by atoms with Gasteiger partial charge >= 0.3 is 5.97 Å². The van der Waals surface area contributed by atoms with Crippen molar-refractivity contribution in [3.63, 3.8) is 0 Å². The number of allylic oxidation sites excluding steroid dienone is 1. The Morgan fingerprint density at radius 2 is 2.00 bits per heavy atom. The highest BCUT2D eigenvalue weighted by Crippen LogP contribution is 2.58. The molecule has 1 aliphatic heterocycles. The smallest absolute Gasteiger partial charge is 0.309 e. The maximum absolute atomic E-state index is 13.2. The van der Waals surface area contributed by atoms with Gasteiger partial charge < -0.3 is 20.1 Å². The predicted octanol–water partition coefficient (Wildman–Crippen LogP) is 5.69. The van der Waals surface area contributed by atoms with Crippen LogP contribution < -0.4 is 0 Å². The summed E-state index contributed by atoms with van der Waals surface area (Å²) >= 11 is 1.59. The first-order valence-electron chi connectivity index (χ1n) is 13.8. The molecule has 0 amide bonds. The summed E-state index contributed by atoms with van der Waals surface area (Å²) in [5, 5.41) is 36.6. The van der Waals surface area contributed by atoms with Crippen molar-refractivity contribution in [3.05, 3.63) is 34.3 Å². The predicted molar refractivity (Wildman–Crippen MR) is 149 cm³/mol. The van der Waals surface area contributed by atoms with Crippen LogP contribution in [-0.2, 0) is 9.53 Å². The number of aliphatic hydroxyl groups excluding tert-OH is 3. The molecule has 208 valence electrons. The average molecular weight is 534 g/mol. The minimum Gasteiger partial charge on any atom is -0.458 e. The van der Waals surface area contributed by atoms with E-state index < -0.39 is 41.7 Å². The van der Waals surface area contributed by atoms with Crippen LogP contribution in [0.25, 0.3) is 6.08 Å². The number of aromatic nitrogens is 1. The first kappa shape index (κ1) is 30.0. The summed E-state index contributed by atoms with van der Waals surface area (Å²) in [6.45, 7) is 15.7. The van der Waals surface area contributed by atoms with Crippen LogP contribution >= 0.6 is 11.3 Å². The number of aliphatic hydroxyl groups is 3. The molecule has 37 heavy (non-hydrogen) atoms. The normalized spacial score (nSPS) is 40.5. The van der Waals surface area contributed by atoms with Gasteiger partial charge in [0, 0.05) is 16.7 Å². The Labute approximate surface area is 226 Å². The third-order valence-electron chi connectivity index (χ3n) is 9.24. The zero-order valence-electron chi connectivity index (χ0n) is 23.4. The lowest BCUT2D eigenvalue weighted by atomic mass is 9.68. The molecule has 1 aromatic rings. The summed E-state index contributed by atoms with van der Waals surface area (Å²) in [5.41, 5.74) is 0.968. The van der Waals surface area contributed by atoms with Crippen LogP contribution in [0.15, 0.2) is 23.6 Å². The van der Waals surface area contributed by atoms with Crippen LogP contribution in [0.5, 0.6) is 0 Å². The second-order valence-electron chi connectivity index (χ2n) is 12.3. The van der Waals surface area contributed by atoms with E-state index in [2.05, 4.69) is 18.5 Å². The van der Waals surface area contributed by atoms with Crippen molar-refractivity contribution in [1.82, 2.24) is 4.98 Å². The van der Waals surface area contributed by atoms with Crippen LogP contribution in [0.1, 0.15) is 90.3 Å². The summed E-state index contributed by atoms with van der Waals surface area (Å²) in [5.74, 6) is -0.482. The topological polar surface area (TPSA) is 99.9 Å². The number of aryl methyl sites for hydroxylation is 1. The van der Waals surface area contributed by atoms with E-state index in [0.717, 1.165) is 48.4 Å². The number of fused-ring (bicyclic) bond motifs is 1. The fourth-order valence-electron chi connectivity index (χ4n) is 6.20. The van der Waals surface area contributed by atoms with E-state index in [4.69, 9.17) is 4.74 Å². The summed E-state index contributed by atoms with van der Waals surface area (Å²) in [6, 6.07) is 0. The van der Waals surface area contributed by atoms with E-state index in [-0.39, 0.29) is 17.8 Å². The standard InChI is InChI=1S/C30H47NO5S/c1-8-11-30(7)25(32)15-26(33)36-24(19(3)13-23-17-37-21(5)31-23)14-22-16-29(22,6)12-9-10-18(2)27(34)20(4)28(30)35/h8,13,17-18,20,22,24-25,27-28,32,34-35H,1,9-12,14-16H2,2-7H3/b19-13+/t18-,20+,22+,24-,25-,27-,28?,29-,30+/m0/s1. The molecule has 0 bridgehead atoms. The lowest BCUT2D eigenvalue weighted by Crippen LogP contribution is -2.50. The van der Waals surface area contributed by atoms with E-state index in [1.807, 2.05) is 39.2 Å². The third-order valence-corrected chi connectivity index (χ3v) is 10.0. The van der Waals surface area contributed by atoms with Crippen molar-refractivity contribution in [3.8, 4) is 0 Å². The quantitative estimate of drug-likeness (QED) is 0.339. The number of hydrogen-bond acceptors (Lipinski definition) is 7. The number of thiazole rings is 1. The lowest BCUT2D eigenvalue weighted by molar-refractivity contribution is -0.157. The van der Waals surface area contributed by atoms with Crippen molar-refractivity contribution < 1.29 is 24.9 Å². The van der Waals surface area contributed by atoms with Crippen LogP contribution in [0, 0.1) is 35.5 Å². The van der Waals surface area contributed by atoms with E-state index in [1.54, 1.807) is 24.3 Å². The SMILES string of the molecule is C=CC[C@@]1(C)C(O)[C@H](C)[C@@H](O)[C@@H](C)CCC[C@@]2(C)C[C@H]2C[C@@H](/C(C)=C/c2csc(C)n2)OC(=O)C[C@@H]1O. The van der Waals surface area contributed by atoms with Gasteiger partial charge in [-0.15, -0.1) is 17.9 Å². The number of hydrogen-bond donors (Lipinski definition) is 3. The maximum atomic E-state index is 13.2. The Hall–Kier alpha value is -1.54. The average Bonchev–Trinajstić information content (AvgIpc) is 3.28. The van der Waals surface area contributed by atoms with Gasteiger partial charge in [0.2, 0.25) is 0 Å². The van der Waals surface area contributed by atoms with E-state index in [0.29, 0.717) is 12.3 Å².